The summed E-state index contributed by atoms with van der Waals surface area (Å²) >= 11 is 0. The SMILES string of the molecule is COc1ccccc1C1=NOC(Cn2c(NCCN(C)C)nc3c2c(=O)n(C)c(=O)n3C)C1. The van der Waals surface area contributed by atoms with Crippen LogP contribution in [0.3, 0.4) is 0 Å². The number of nitrogens with zero attached hydrogens (tertiary/aromatic N) is 6. The third-order valence-electron chi connectivity index (χ3n) is 5.73. The van der Waals surface area contributed by atoms with E-state index in [-0.39, 0.29) is 6.10 Å². The number of hydrogen-bond acceptors (Lipinski definition) is 8. The Labute approximate surface area is 190 Å². The van der Waals surface area contributed by atoms with Crippen molar-refractivity contribution in [2.24, 2.45) is 19.3 Å². The average molecular weight is 456 g/mol. The molecule has 1 aromatic carbocycles. The lowest BCUT2D eigenvalue weighted by Crippen LogP contribution is -2.38. The number of rotatable bonds is 8. The van der Waals surface area contributed by atoms with Crippen LogP contribution < -0.4 is 21.3 Å². The molecule has 1 atom stereocenters. The van der Waals surface area contributed by atoms with Crippen LogP contribution >= 0.6 is 0 Å². The molecule has 0 aliphatic carbocycles. The maximum absolute atomic E-state index is 13.0. The lowest BCUT2D eigenvalue weighted by molar-refractivity contribution is 0.0736. The van der Waals surface area contributed by atoms with E-state index in [1.54, 1.807) is 18.7 Å². The monoisotopic (exact) mass is 455 g/mol. The highest BCUT2D eigenvalue weighted by Gasteiger charge is 2.28. The summed E-state index contributed by atoms with van der Waals surface area (Å²) in [6.07, 6.45) is 0.238. The molecule has 0 radical (unpaired) electrons. The number of methoxy groups -OCH3 is 1. The van der Waals surface area contributed by atoms with E-state index < -0.39 is 11.2 Å². The molecule has 1 N–H and O–H groups in total. The number of benzene rings is 1. The van der Waals surface area contributed by atoms with Gasteiger partial charge in [-0.1, -0.05) is 17.3 Å². The fourth-order valence-corrected chi connectivity index (χ4v) is 3.92. The zero-order valence-corrected chi connectivity index (χ0v) is 19.5. The van der Waals surface area contributed by atoms with E-state index >= 15 is 0 Å². The third kappa shape index (κ3) is 4.23. The van der Waals surface area contributed by atoms with Crippen LogP contribution in [0.25, 0.3) is 11.2 Å². The summed E-state index contributed by atoms with van der Waals surface area (Å²) in [5.74, 6) is 1.24. The standard InChI is InChI=1S/C22H29N7O4/c1-26(2)11-10-23-21-24-19-18(20(30)28(4)22(31)27(19)3)29(21)13-14-12-16(25-33-14)15-8-6-7-9-17(15)32-5/h6-9,14H,10-13H2,1-5H3,(H,23,24). The molecule has 33 heavy (non-hydrogen) atoms. The van der Waals surface area contributed by atoms with Gasteiger partial charge in [-0.25, -0.2) is 4.79 Å². The van der Waals surface area contributed by atoms with Gasteiger partial charge in [0.2, 0.25) is 5.95 Å². The number of oxime groups is 1. The van der Waals surface area contributed by atoms with Crippen molar-refractivity contribution in [2.75, 3.05) is 39.6 Å². The first-order chi connectivity index (χ1) is 15.8. The largest absolute Gasteiger partial charge is 0.496 e. The minimum atomic E-state index is -0.420. The molecule has 3 aromatic rings. The van der Waals surface area contributed by atoms with Crippen molar-refractivity contribution in [1.29, 1.82) is 0 Å². The van der Waals surface area contributed by atoms with E-state index in [0.717, 1.165) is 28.1 Å². The van der Waals surface area contributed by atoms with Gasteiger partial charge in [0.1, 0.15) is 5.75 Å². The summed E-state index contributed by atoms with van der Waals surface area (Å²) in [6.45, 7) is 1.75. The zero-order valence-electron chi connectivity index (χ0n) is 19.5. The average Bonchev–Trinajstić information content (AvgIpc) is 3.41. The minimum Gasteiger partial charge on any atom is -0.496 e. The number of aryl methyl sites for hydroxylation is 1. The van der Waals surface area contributed by atoms with Gasteiger partial charge in [-0.15, -0.1) is 0 Å². The van der Waals surface area contributed by atoms with Gasteiger partial charge in [0, 0.05) is 39.2 Å². The van der Waals surface area contributed by atoms with Crippen LogP contribution in [0.1, 0.15) is 12.0 Å². The summed E-state index contributed by atoms with van der Waals surface area (Å²) in [7, 11) is 8.66. The molecule has 0 amide bonds. The molecule has 1 unspecified atom stereocenters. The number of para-hydroxylation sites is 1. The Bertz CT molecular complexity index is 1320. The van der Waals surface area contributed by atoms with E-state index in [1.807, 2.05) is 43.3 Å². The number of ether oxygens (including phenoxy) is 1. The second-order valence-electron chi connectivity index (χ2n) is 8.32. The van der Waals surface area contributed by atoms with Gasteiger partial charge in [-0.05, 0) is 26.2 Å². The highest BCUT2D eigenvalue weighted by atomic mass is 16.6. The van der Waals surface area contributed by atoms with Gasteiger partial charge >= 0.3 is 5.69 Å². The number of fused-ring (bicyclic) bond motifs is 1. The quantitative estimate of drug-likeness (QED) is 0.530. The van der Waals surface area contributed by atoms with Crippen molar-refractivity contribution in [3.63, 3.8) is 0 Å². The van der Waals surface area contributed by atoms with Crippen LogP contribution in [0, 0.1) is 0 Å². The molecule has 1 aliphatic rings. The predicted octanol–water partition coefficient (Wildman–Crippen LogP) is 0.609. The van der Waals surface area contributed by atoms with E-state index in [1.165, 1.54) is 11.6 Å². The van der Waals surface area contributed by atoms with Gasteiger partial charge < -0.3 is 24.4 Å². The van der Waals surface area contributed by atoms with Crippen molar-refractivity contribution in [3.8, 4) is 5.75 Å². The van der Waals surface area contributed by atoms with Gasteiger partial charge in [0.15, 0.2) is 17.3 Å². The highest BCUT2D eigenvalue weighted by molar-refractivity contribution is 6.03. The second-order valence-corrected chi connectivity index (χ2v) is 8.32. The van der Waals surface area contributed by atoms with Crippen LogP contribution in [0.4, 0.5) is 5.95 Å². The predicted molar refractivity (Wildman–Crippen MR) is 126 cm³/mol. The lowest BCUT2D eigenvalue weighted by Gasteiger charge is -2.15. The Morgan fingerprint density at radius 3 is 2.70 bits per heavy atom. The van der Waals surface area contributed by atoms with E-state index in [2.05, 4.69) is 15.5 Å². The summed E-state index contributed by atoms with van der Waals surface area (Å²) in [5.41, 5.74) is 1.52. The Morgan fingerprint density at radius 2 is 1.97 bits per heavy atom. The number of aromatic nitrogens is 4. The molecular weight excluding hydrogens is 426 g/mol. The number of hydrogen-bond donors (Lipinski definition) is 1. The van der Waals surface area contributed by atoms with Crippen LogP contribution in [-0.2, 0) is 25.5 Å². The zero-order chi connectivity index (χ0) is 23.7. The molecule has 11 nitrogen and oxygen atoms in total. The summed E-state index contributed by atoms with van der Waals surface area (Å²) in [5, 5.41) is 7.58. The molecule has 3 heterocycles. The van der Waals surface area contributed by atoms with Gasteiger partial charge in [0.25, 0.3) is 5.56 Å². The minimum absolute atomic E-state index is 0.307. The summed E-state index contributed by atoms with van der Waals surface area (Å²) in [6, 6.07) is 7.65. The first-order valence-corrected chi connectivity index (χ1v) is 10.7. The summed E-state index contributed by atoms with van der Waals surface area (Å²) < 4.78 is 9.72. The first-order valence-electron chi connectivity index (χ1n) is 10.7. The number of likely N-dealkylation sites (N-methyl/N-ethyl adjacent to an activating group) is 1. The van der Waals surface area contributed by atoms with Crippen LogP contribution in [0.15, 0.2) is 39.0 Å². The van der Waals surface area contributed by atoms with Gasteiger partial charge in [-0.2, -0.15) is 4.98 Å². The van der Waals surface area contributed by atoms with Crippen LogP contribution in [-0.4, -0.2) is 69.7 Å². The molecule has 1 aliphatic heterocycles. The molecular formula is C22H29N7O4. The summed E-state index contributed by atoms with van der Waals surface area (Å²) in [4.78, 5) is 37.8. The van der Waals surface area contributed by atoms with Crippen molar-refractivity contribution < 1.29 is 9.57 Å². The van der Waals surface area contributed by atoms with Gasteiger partial charge in [0.05, 0.1) is 19.4 Å². The normalized spacial score (nSPS) is 15.7. The molecule has 11 heteroatoms. The molecule has 0 saturated heterocycles. The molecule has 0 saturated carbocycles. The maximum Gasteiger partial charge on any atom is 0.332 e. The molecule has 0 spiro atoms. The van der Waals surface area contributed by atoms with E-state index in [9.17, 15) is 9.59 Å². The smallest absolute Gasteiger partial charge is 0.332 e. The first kappa shape index (κ1) is 22.6. The Morgan fingerprint density at radius 1 is 1.21 bits per heavy atom. The fraction of sp³-hybridized carbons (Fsp3) is 0.455. The van der Waals surface area contributed by atoms with E-state index in [0.29, 0.717) is 36.6 Å². The van der Waals surface area contributed by atoms with Crippen molar-refractivity contribution in [3.05, 3.63) is 50.7 Å². The molecule has 0 bridgehead atoms. The van der Waals surface area contributed by atoms with Crippen molar-refractivity contribution >= 4 is 22.8 Å². The highest BCUT2D eigenvalue weighted by Crippen LogP contribution is 2.26. The number of nitrogens with one attached hydrogen (secondary N) is 1. The van der Waals surface area contributed by atoms with Crippen molar-refractivity contribution in [2.45, 2.75) is 19.1 Å². The molecule has 176 valence electrons. The molecule has 4 rings (SSSR count). The van der Waals surface area contributed by atoms with Crippen LogP contribution in [0.5, 0.6) is 5.75 Å². The fourth-order valence-electron chi connectivity index (χ4n) is 3.92. The third-order valence-corrected chi connectivity index (χ3v) is 5.73. The second kappa shape index (κ2) is 9.10. The van der Waals surface area contributed by atoms with Gasteiger partial charge in [-0.3, -0.25) is 13.9 Å². The number of imidazole rings is 1. The molecule has 0 fully saturated rings. The molecule has 2 aromatic heterocycles. The lowest BCUT2D eigenvalue weighted by atomic mass is 10.0. The van der Waals surface area contributed by atoms with Crippen molar-refractivity contribution in [1.82, 2.24) is 23.6 Å². The Balaban J connectivity index is 1.68. The maximum atomic E-state index is 13.0. The van der Waals surface area contributed by atoms with Crippen LogP contribution in [0.2, 0.25) is 0 Å². The topological polar surface area (TPSA) is 108 Å². The Hall–Kier alpha value is -3.60. The van der Waals surface area contributed by atoms with E-state index in [4.69, 9.17) is 9.57 Å². The number of anilines is 1. The Kier molecular flexibility index (Phi) is 6.23.